The van der Waals surface area contributed by atoms with Gasteiger partial charge < -0.3 is 25.1 Å². The molecule has 0 heterocycles. The molecule has 1 N–H and O–H groups in total. The molecule has 0 aliphatic heterocycles. The quantitative estimate of drug-likeness (QED) is 0.373. The number of carbonyl (C=O) groups excluding carboxylic acids is 4. The molecular formula is C8H9NNa2O6. The molecule has 1 amide bonds. The summed E-state index contributed by atoms with van der Waals surface area (Å²) >= 11 is 0. The number of rotatable bonds is 6. The van der Waals surface area contributed by atoms with E-state index in [2.05, 4.69) is 0 Å². The Bertz CT molecular complexity index is 306. The van der Waals surface area contributed by atoms with E-state index < -0.39 is 42.5 Å². The summed E-state index contributed by atoms with van der Waals surface area (Å²) in [6.45, 7) is 1.15. The van der Waals surface area contributed by atoms with E-state index in [-0.39, 0.29) is 59.1 Å². The van der Waals surface area contributed by atoms with Crippen LogP contribution in [0, 0.1) is 0 Å². The van der Waals surface area contributed by atoms with Gasteiger partial charge in [0, 0.05) is 12.4 Å². The van der Waals surface area contributed by atoms with Crippen molar-refractivity contribution in [1.29, 1.82) is 0 Å². The van der Waals surface area contributed by atoms with Gasteiger partial charge in [-0.15, -0.1) is 0 Å². The van der Waals surface area contributed by atoms with Crippen LogP contribution >= 0.6 is 0 Å². The van der Waals surface area contributed by atoms with Gasteiger partial charge in [0.25, 0.3) is 0 Å². The first kappa shape index (κ1) is 22.3. The van der Waals surface area contributed by atoms with Gasteiger partial charge in [-0.2, -0.15) is 0 Å². The van der Waals surface area contributed by atoms with E-state index in [0.29, 0.717) is 0 Å². The molecule has 0 aliphatic carbocycles. The van der Waals surface area contributed by atoms with Gasteiger partial charge in [0.2, 0.25) is 5.91 Å². The van der Waals surface area contributed by atoms with E-state index in [1.807, 2.05) is 5.32 Å². The predicted octanol–water partition coefficient (Wildman–Crippen LogP) is -9.65. The van der Waals surface area contributed by atoms with Crippen molar-refractivity contribution in [3.8, 4) is 0 Å². The molecule has 0 spiro atoms. The summed E-state index contributed by atoms with van der Waals surface area (Å²) < 4.78 is 0. The average molecular weight is 261 g/mol. The fraction of sp³-hybridized carbons (Fsp3) is 0.500. The number of carboxylic acids is 2. The van der Waals surface area contributed by atoms with Gasteiger partial charge >= 0.3 is 59.1 Å². The van der Waals surface area contributed by atoms with Crippen molar-refractivity contribution in [2.45, 2.75) is 25.8 Å². The number of nitrogens with one attached hydrogen (secondary N) is 1. The molecular weight excluding hydrogens is 252 g/mol. The molecule has 0 bridgehead atoms. The average Bonchev–Trinajstić information content (AvgIpc) is 1.99. The van der Waals surface area contributed by atoms with Gasteiger partial charge in [-0.1, -0.05) is 0 Å². The zero-order valence-corrected chi connectivity index (χ0v) is 13.9. The monoisotopic (exact) mass is 261 g/mol. The molecule has 0 aromatic rings. The number of hydrogen-bond donors (Lipinski definition) is 1. The summed E-state index contributed by atoms with van der Waals surface area (Å²) in [5, 5.41) is 22.3. The van der Waals surface area contributed by atoms with E-state index in [4.69, 9.17) is 0 Å². The minimum Gasteiger partial charge on any atom is -0.550 e. The van der Waals surface area contributed by atoms with Crippen LogP contribution in [0.2, 0.25) is 0 Å². The largest absolute Gasteiger partial charge is 1.00 e. The molecule has 17 heavy (non-hydrogen) atoms. The molecule has 7 nitrogen and oxygen atoms in total. The fourth-order valence-electron chi connectivity index (χ4n) is 0.831. The molecule has 1 unspecified atom stereocenters. The summed E-state index contributed by atoms with van der Waals surface area (Å²) in [4.78, 5) is 41.8. The summed E-state index contributed by atoms with van der Waals surface area (Å²) in [6.07, 6.45) is -1.40. The van der Waals surface area contributed by atoms with E-state index in [0.717, 1.165) is 6.92 Å². The first-order valence-electron chi connectivity index (χ1n) is 4.02. The molecule has 0 aromatic heterocycles. The first-order valence-corrected chi connectivity index (χ1v) is 4.02. The fourth-order valence-corrected chi connectivity index (χ4v) is 0.831. The van der Waals surface area contributed by atoms with Crippen LogP contribution in [0.3, 0.4) is 0 Å². The van der Waals surface area contributed by atoms with E-state index in [1.165, 1.54) is 0 Å². The second kappa shape index (κ2) is 11.2. The standard InChI is InChI=1S/C8H11NO6.2Na/c1-4(10)2-6(11)9-5(8(14)15)3-7(12)13;;/h5H,2-3H2,1H3,(H,9,11)(H,12,13)(H,14,15);;/q;2*+1/p-2. The SMILES string of the molecule is CC(=O)CC(=O)NC(CC(=O)[O-])C(=O)[O-].[Na+].[Na+]. The van der Waals surface area contributed by atoms with Crippen molar-refractivity contribution in [1.82, 2.24) is 5.32 Å². The molecule has 84 valence electrons. The van der Waals surface area contributed by atoms with Gasteiger partial charge in [0.15, 0.2) is 0 Å². The summed E-state index contributed by atoms with van der Waals surface area (Å²) in [5.41, 5.74) is 0. The molecule has 1 atom stereocenters. The topological polar surface area (TPSA) is 126 Å². The zero-order chi connectivity index (χ0) is 12.0. The van der Waals surface area contributed by atoms with Crippen molar-refractivity contribution in [2.24, 2.45) is 0 Å². The van der Waals surface area contributed by atoms with E-state index >= 15 is 0 Å². The van der Waals surface area contributed by atoms with E-state index in [9.17, 15) is 29.4 Å². The first-order chi connectivity index (χ1) is 6.82. The van der Waals surface area contributed by atoms with Crippen molar-refractivity contribution >= 4 is 23.6 Å². The summed E-state index contributed by atoms with van der Waals surface area (Å²) in [5.74, 6) is -4.69. The number of carbonyl (C=O) groups is 4. The number of Topliss-reactive ketones (excluding diaryl/α,β-unsaturated/α-hetero) is 1. The third kappa shape index (κ3) is 12.3. The van der Waals surface area contributed by atoms with Crippen LogP contribution in [-0.2, 0) is 19.2 Å². The van der Waals surface area contributed by atoms with Gasteiger partial charge in [-0.05, 0) is 6.92 Å². The summed E-state index contributed by atoms with van der Waals surface area (Å²) in [6, 6.07) is -1.68. The number of hydrogen-bond acceptors (Lipinski definition) is 6. The number of amides is 1. The third-order valence-corrected chi connectivity index (χ3v) is 1.40. The number of ketones is 1. The van der Waals surface area contributed by atoms with Gasteiger partial charge in [-0.3, -0.25) is 9.59 Å². The van der Waals surface area contributed by atoms with Crippen molar-refractivity contribution in [3.05, 3.63) is 0 Å². The second-order valence-corrected chi connectivity index (χ2v) is 2.89. The maximum atomic E-state index is 10.9. The smallest absolute Gasteiger partial charge is 0.550 e. The van der Waals surface area contributed by atoms with Crippen molar-refractivity contribution in [2.75, 3.05) is 0 Å². The molecule has 0 aromatic carbocycles. The normalized spacial score (nSPS) is 10.2. The van der Waals surface area contributed by atoms with Gasteiger partial charge in [0.1, 0.15) is 5.78 Å². The van der Waals surface area contributed by atoms with Crippen LogP contribution in [0.5, 0.6) is 0 Å². The number of aliphatic carboxylic acids is 2. The van der Waals surface area contributed by atoms with Crippen LogP contribution < -0.4 is 74.6 Å². The Labute approximate surface area is 142 Å². The van der Waals surface area contributed by atoms with Gasteiger partial charge in [0.05, 0.1) is 18.4 Å². The Kier molecular flexibility index (Phi) is 14.7. The van der Waals surface area contributed by atoms with Crippen molar-refractivity contribution in [3.63, 3.8) is 0 Å². The van der Waals surface area contributed by atoms with Crippen LogP contribution in [0.15, 0.2) is 0 Å². The second-order valence-electron chi connectivity index (χ2n) is 2.89. The minimum atomic E-state index is -1.74. The third-order valence-electron chi connectivity index (χ3n) is 1.40. The predicted molar refractivity (Wildman–Crippen MR) is 41.9 cm³/mol. The maximum absolute atomic E-state index is 10.9. The van der Waals surface area contributed by atoms with Crippen LogP contribution in [0.1, 0.15) is 19.8 Å². The van der Waals surface area contributed by atoms with Gasteiger partial charge in [-0.25, -0.2) is 0 Å². The minimum absolute atomic E-state index is 0. The van der Waals surface area contributed by atoms with Crippen LogP contribution in [0.25, 0.3) is 0 Å². The molecule has 0 radical (unpaired) electrons. The maximum Gasteiger partial charge on any atom is 1.00 e. The molecule has 0 rings (SSSR count). The molecule has 9 heteroatoms. The molecule has 0 fully saturated rings. The van der Waals surface area contributed by atoms with Crippen LogP contribution in [-0.4, -0.2) is 29.7 Å². The van der Waals surface area contributed by atoms with Crippen molar-refractivity contribution < 1.29 is 88.5 Å². The summed E-state index contributed by atoms with van der Waals surface area (Å²) in [7, 11) is 0. The zero-order valence-electron chi connectivity index (χ0n) is 9.94. The van der Waals surface area contributed by atoms with Crippen LogP contribution in [0.4, 0.5) is 0 Å². The van der Waals surface area contributed by atoms with E-state index in [1.54, 1.807) is 0 Å². The molecule has 0 aliphatic rings. The Morgan fingerprint density at radius 2 is 1.59 bits per heavy atom. The Hall–Kier alpha value is 0.0800. The Morgan fingerprint density at radius 3 is 1.88 bits per heavy atom. The Morgan fingerprint density at radius 1 is 1.12 bits per heavy atom. The molecule has 0 saturated carbocycles. The molecule has 0 saturated heterocycles. The number of carboxylic acid groups (broad SMARTS) is 2. The Balaban J connectivity index is -0.000000980.